The molecule has 29 heavy (non-hydrogen) atoms. The zero-order chi connectivity index (χ0) is 20.4. The van der Waals surface area contributed by atoms with E-state index < -0.39 is 0 Å². The van der Waals surface area contributed by atoms with Crippen molar-refractivity contribution >= 4 is 34.4 Å². The van der Waals surface area contributed by atoms with Crippen LogP contribution in [-0.2, 0) is 22.6 Å². The number of nitrogens with zero attached hydrogens (tertiary/aromatic N) is 1. The quantitative estimate of drug-likeness (QED) is 0.596. The molecular formula is C23H19FN2O2S. The molecule has 4 rings (SSSR count). The lowest BCUT2D eigenvalue weighted by atomic mass is 10.1. The number of hydrogen-bond donors (Lipinski definition) is 1. The molecule has 1 aromatic heterocycles. The normalized spacial score (nSPS) is 14.1. The monoisotopic (exact) mass is 406 g/mol. The SMILES string of the molecule is CCc1ccc(NC2=C(c3cccs3)C(=O)N(Cc3ccc(F)cc3)C2=O)cc1. The van der Waals surface area contributed by atoms with Crippen molar-refractivity contribution in [1.82, 2.24) is 4.90 Å². The number of aryl methyl sites for hydroxylation is 1. The molecule has 0 bridgehead atoms. The third kappa shape index (κ3) is 3.84. The number of anilines is 1. The molecule has 3 aromatic rings. The van der Waals surface area contributed by atoms with E-state index in [2.05, 4.69) is 12.2 Å². The smallest absolute Gasteiger partial charge is 0.278 e. The van der Waals surface area contributed by atoms with Crippen LogP contribution in [0.15, 0.2) is 71.7 Å². The van der Waals surface area contributed by atoms with E-state index >= 15 is 0 Å². The number of benzene rings is 2. The van der Waals surface area contributed by atoms with E-state index in [1.165, 1.54) is 33.9 Å². The van der Waals surface area contributed by atoms with E-state index in [1.54, 1.807) is 12.1 Å². The molecule has 4 nitrogen and oxygen atoms in total. The van der Waals surface area contributed by atoms with Crippen molar-refractivity contribution in [2.24, 2.45) is 0 Å². The Hall–Kier alpha value is -3.25. The fourth-order valence-electron chi connectivity index (χ4n) is 3.23. The van der Waals surface area contributed by atoms with Crippen LogP contribution in [0.3, 0.4) is 0 Å². The van der Waals surface area contributed by atoms with Crippen LogP contribution in [0.5, 0.6) is 0 Å². The Morgan fingerprint density at radius 3 is 2.24 bits per heavy atom. The van der Waals surface area contributed by atoms with Crippen molar-refractivity contribution in [2.45, 2.75) is 19.9 Å². The molecule has 0 radical (unpaired) electrons. The van der Waals surface area contributed by atoms with Gasteiger partial charge in [-0.2, -0.15) is 0 Å². The maximum Gasteiger partial charge on any atom is 0.278 e. The van der Waals surface area contributed by atoms with Gasteiger partial charge in [-0.25, -0.2) is 4.39 Å². The molecule has 0 aliphatic carbocycles. The van der Waals surface area contributed by atoms with Gasteiger partial charge in [0.2, 0.25) is 0 Å². The van der Waals surface area contributed by atoms with Crippen LogP contribution in [0.2, 0.25) is 0 Å². The van der Waals surface area contributed by atoms with Crippen molar-refractivity contribution in [1.29, 1.82) is 0 Å². The van der Waals surface area contributed by atoms with Gasteiger partial charge in [-0.15, -0.1) is 11.3 Å². The van der Waals surface area contributed by atoms with E-state index in [0.717, 1.165) is 17.0 Å². The van der Waals surface area contributed by atoms with Crippen LogP contribution >= 0.6 is 11.3 Å². The summed E-state index contributed by atoms with van der Waals surface area (Å²) in [6, 6.07) is 17.3. The molecule has 0 unspecified atom stereocenters. The Balaban J connectivity index is 1.67. The van der Waals surface area contributed by atoms with Crippen LogP contribution < -0.4 is 5.32 Å². The Bertz CT molecular complexity index is 1070. The molecule has 146 valence electrons. The molecular weight excluding hydrogens is 387 g/mol. The van der Waals surface area contributed by atoms with Gasteiger partial charge in [0.25, 0.3) is 11.8 Å². The second kappa shape index (κ2) is 8.01. The molecule has 0 fully saturated rings. The first-order valence-electron chi connectivity index (χ1n) is 9.31. The Labute approximate surface area is 172 Å². The maximum atomic E-state index is 13.2. The fraction of sp³-hybridized carbons (Fsp3) is 0.130. The number of thiophene rings is 1. The number of carbonyl (C=O) groups is 2. The third-order valence-corrected chi connectivity index (χ3v) is 5.71. The standard InChI is InChI=1S/C23H19FN2O2S/c1-2-15-7-11-18(12-8-15)25-21-20(19-4-3-13-29-19)22(27)26(23(21)28)14-16-5-9-17(24)10-6-16/h3-13,25H,2,14H2,1H3. The first kappa shape index (κ1) is 19.1. The Kier molecular flexibility index (Phi) is 5.27. The van der Waals surface area contributed by atoms with Crippen LogP contribution in [0.1, 0.15) is 22.9 Å². The summed E-state index contributed by atoms with van der Waals surface area (Å²) in [5, 5.41) is 5.02. The second-order valence-corrected chi connectivity index (χ2v) is 7.67. The zero-order valence-electron chi connectivity index (χ0n) is 15.8. The molecule has 1 N–H and O–H groups in total. The molecule has 2 aromatic carbocycles. The van der Waals surface area contributed by atoms with Crippen LogP contribution in [-0.4, -0.2) is 16.7 Å². The predicted octanol–water partition coefficient (Wildman–Crippen LogP) is 4.84. The summed E-state index contributed by atoms with van der Waals surface area (Å²) in [4.78, 5) is 28.2. The minimum absolute atomic E-state index is 0.0901. The van der Waals surface area contributed by atoms with Gasteiger partial charge in [-0.1, -0.05) is 37.3 Å². The molecule has 2 amide bonds. The van der Waals surface area contributed by atoms with Gasteiger partial charge < -0.3 is 5.32 Å². The maximum absolute atomic E-state index is 13.2. The Morgan fingerprint density at radius 1 is 0.931 bits per heavy atom. The summed E-state index contributed by atoms with van der Waals surface area (Å²) in [7, 11) is 0. The summed E-state index contributed by atoms with van der Waals surface area (Å²) in [5.41, 5.74) is 3.26. The van der Waals surface area contributed by atoms with E-state index in [4.69, 9.17) is 0 Å². The van der Waals surface area contributed by atoms with Crippen molar-refractivity contribution < 1.29 is 14.0 Å². The van der Waals surface area contributed by atoms with E-state index in [1.807, 2.05) is 41.8 Å². The van der Waals surface area contributed by atoms with Gasteiger partial charge >= 0.3 is 0 Å². The number of hydrogen-bond acceptors (Lipinski definition) is 4. The lowest BCUT2D eigenvalue weighted by Crippen LogP contribution is -2.31. The molecule has 0 spiro atoms. The molecule has 2 heterocycles. The van der Waals surface area contributed by atoms with E-state index in [0.29, 0.717) is 11.1 Å². The van der Waals surface area contributed by atoms with Crippen molar-refractivity contribution in [3.63, 3.8) is 0 Å². The molecule has 0 saturated carbocycles. The lowest BCUT2D eigenvalue weighted by molar-refractivity contribution is -0.137. The highest BCUT2D eigenvalue weighted by Crippen LogP contribution is 2.33. The van der Waals surface area contributed by atoms with Crippen LogP contribution in [0.25, 0.3) is 5.57 Å². The summed E-state index contributed by atoms with van der Waals surface area (Å²) in [6.45, 7) is 2.17. The topological polar surface area (TPSA) is 49.4 Å². The number of rotatable bonds is 6. The number of halogens is 1. The number of nitrogens with one attached hydrogen (secondary N) is 1. The average molecular weight is 406 g/mol. The molecule has 0 saturated heterocycles. The van der Waals surface area contributed by atoms with Crippen molar-refractivity contribution in [2.75, 3.05) is 5.32 Å². The predicted molar refractivity (Wildman–Crippen MR) is 113 cm³/mol. The van der Waals surface area contributed by atoms with Crippen LogP contribution in [0, 0.1) is 5.82 Å². The zero-order valence-corrected chi connectivity index (χ0v) is 16.6. The Morgan fingerprint density at radius 2 is 1.62 bits per heavy atom. The van der Waals surface area contributed by atoms with E-state index in [-0.39, 0.29) is 29.9 Å². The van der Waals surface area contributed by atoms with Gasteiger partial charge in [-0.05, 0) is 53.3 Å². The fourth-order valence-corrected chi connectivity index (χ4v) is 3.99. The summed E-state index contributed by atoms with van der Waals surface area (Å²) >= 11 is 1.41. The minimum atomic E-state index is -0.387. The summed E-state index contributed by atoms with van der Waals surface area (Å²) < 4.78 is 13.2. The van der Waals surface area contributed by atoms with Gasteiger partial charge in [0.1, 0.15) is 11.5 Å². The highest BCUT2D eigenvalue weighted by Gasteiger charge is 2.39. The van der Waals surface area contributed by atoms with Gasteiger partial charge in [0.15, 0.2) is 0 Å². The largest absolute Gasteiger partial charge is 0.350 e. The van der Waals surface area contributed by atoms with Gasteiger partial charge in [-0.3, -0.25) is 14.5 Å². The van der Waals surface area contributed by atoms with Crippen molar-refractivity contribution in [3.05, 3.63) is 93.6 Å². The second-order valence-electron chi connectivity index (χ2n) is 6.73. The van der Waals surface area contributed by atoms with Crippen LogP contribution in [0.4, 0.5) is 10.1 Å². The highest BCUT2D eigenvalue weighted by molar-refractivity contribution is 7.11. The van der Waals surface area contributed by atoms with Crippen molar-refractivity contribution in [3.8, 4) is 0 Å². The van der Waals surface area contributed by atoms with Gasteiger partial charge in [0.05, 0.1) is 12.1 Å². The highest BCUT2D eigenvalue weighted by atomic mass is 32.1. The minimum Gasteiger partial charge on any atom is -0.350 e. The number of amides is 2. The lowest BCUT2D eigenvalue weighted by Gasteiger charge is -2.15. The molecule has 6 heteroatoms. The first-order chi connectivity index (χ1) is 14.1. The molecule has 1 aliphatic rings. The molecule has 1 aliphatic heterocycles. The molecule has 0 atom stereocenters. The summed E-state index contributed by atoms with van der Waals surface area (Å²) in [5.74, 6) is -1.10. The van der Waals surface area contributed by atoms with Gasteiger partial charge in [0, 0.05) is 10.6 Å². The average Bonchev–Trinajstić information content (AvgIpc) is 3.33. The number of carbonyl (C=O) groups excluding carboxylic acids is 2. The summed E-state index contributed by atoms with van der Waals surface area (Å²) in [6.07, 6.45) is 0.923. The third-order valence-electron chi connectivity index (χ3n) is 4.82. The van der Waals surface area contributed by atoms with E-state index in [9.17, 15) is 14.0 Å². The first-order valence-corrected chi connectivity index (χ1v) is 10.2. The number of imide groups is 1.